The number of ketones is 1. The van der Waals surface area contributed by atoms with Crippen LogP contribution in [0, 0.1) is 17.8 Å². The van der Waals surface area contributed by atoms with Crippen LogP contribution in [0.25, 0.3) is 0 Å². The lowest BCUT2D eigenvalue weighted by atomic mass is 9.53. The average molecular weight is 357 g/mol. The number of carbonyl (C=O) groups is 1. The second kappa shape index (κ2) is 7.32. The number of benzene rings is 1. The Morgan fingerprint density at radius 1 is 1.15 bits per heavy atom. The smallest absolute Gasteiger partial charge is 0.162 e. The van der Waals surface area contributed by atoms with Gasteiger partial charge in [-0.3, -0.25) is 4.79 Å². The van der Waals surface area contributed by atoms with Crippen molar-refractivity contribution in [3.8, 4) is 5.75 Å². The van der Waals surface area contributed by atoms with Gasteiger partial charge in [0.1, 0.15) is 18.5 Å². The molecule has 26 heavy (non-hydrogen) atoms. The van der Waals surface area contributed by atoms with Crippen LogP contribution in [0.4, 0.5) is 0 Å². The number of nitrogens with one attached hydrogen (secondary N) is 1. The SMILES string of the molecule is CCC(=O)c1ccc(OCC(O)CNC23CC4CC(CC(C4)C2)C3)cc1. The first-order valence-corrected chi connectivity index (χ1v) is 10.2. The highest BCUT2D eigenvalue weighted by Gasteiger charge is 2.50. The largest absolute Gasteiger partial charge is 0.491 e. The number of carbonyl (C=O) groups excluding carboxylic acids is 1. The van der Waals surface area contributed by atoms with Crippen molar-refractivity contribution < 1.29 is 14.6 Å². The maximum atomic E-state index is 11.6. The molecule has 1 aromatic rings. The van der Waals surface area contributed by atoms with Crippen molar-refractivity contribution in [3.63, 3.8) is 0 Å². The summed E-state index contributed by atoms with van der Waals surface area (Å²) in [4.78, 5) is 11.6. The van der Waals surface area contributed by atoms with Gasteiger partial charge in [0, 0.05) is 24.1 Å². The standard InChI is InChI=1S/C22H31NO3/c1-2-21(25)18-3-5-20(6-4-18)26-14-19(24)13-23-22-10-15-7-16(11-22)9-17(8-15)12-22/h3-6,15-17,19,23-24H,2,7-14H2,1H3. The van der Waals surface area contributed by atoms with Crippen LogP contribution in [0.5, 0.6) is 5.75 Å². The second-order valence-corrected chi connectivity index (χ2v) is 8.84. The summed E-state index contributed by atoms with van der Waals surface area (Å²) < 4.78 is 5.71. The molecule has 1 unspecified atom stereocenters. The fraction of sp³-hybridized carbons (Fsp3) is 0.682. The van der Waals surface area contributed by atoms with Crippen LogP contribution in [0.3, 0.4) is 0 Å². The van der Waals surface area contributed by atoms with E-state index in [0.717, 1.165) is 17.8 Å². The average Bonchev–Trinajstić information content (AvgIpc) is 2.63. The van der Waals surface area contributed by atoms with E-state index in [2.05, 4.69) is 5.32 Å². The first kappa shape index (κ1) is 18.0. The van der Waals surface area contributed by atoms with E-state index in [1.165, 1.54) is 38.5 Å². The van der Waals surface area contributed by atoms with Crippen LogP contribution in [-0.4, -0.2) is 35.7 Å². The molecule has 4 saturated carbocycles. The zero-order valence-electron chi connectivity index (χ0n) is 15.7. The van der Waals surface area contributed by atoms with Crippen molar-refractivity contribution in [2.75, 3.05) is 13.2 Å². The maximum Gasteiger partial charge on any atom is 0.162 e. The predicted molar refractivity (Wildman–Crippen MR) is 101 cm³/mol. The third-order valence-corrected chi connectivity index (χ3v) is 6.69. The highest BCUT2D eigenvalue weighted by molar-refractivity contribution is 5.95. The van der Waals surface area contributed by atoms with E-state index >= 15 is 0 Å². The molecule has 4 aliphatic rings. The fourth-order valence-electron chi connectivity index (χ4n) is 5.85. The highest BCUT2D eigenvalue weighted by atomic mass is 16.5. The molecule has 4 heteroatoms. The van der Waals surface area contributed by atoms with Crippen molar-refractivity contribution in [2.24, 2.45) is 17.8 Å². The molecule has 5 rings (SSSR count). The number of hydrogen-bond donors (Lipinski definition) is 2. The summed E-state index contributed by atoms with van der Waals surface area (Å²) in [5.74, 6) is 3.56. The molecule has 0 aliphatic heterocycles. The minimum atomic E-state index is -0.514. The van der Waals surface area contributed by atoms with Gasteiger partial charge in [-0.1, -0.05) is 6.92 Å². The number of β-amino-alcohol motifs (C(OH)–C–C–N with tert-alkyl or cyclic N) is 1. The summed E-state index contributed by atoms with van der Waals surface area (Å²) >= 11 is 0. The van der Waals surface area contributed by atoms with Crippen LogP contribution in [0.2, 0.25) is 0 Å². The molecule has 4 fully saturated rings. The lowest BCUT2D eigenvalue weighted by molar-refractivity contribution is -0.0266. The van der Waals surface area contributed by atoms with Gasteiger partial charge in [-0.05, 0) is 80.5 Å². The van der Waals surface area contributed by atoms with Crippen LogP contribution in [0.1, 0.15) is 62.2 Å². The zero-order valence-corrected chi connectivity index (χ0v) is 15.7. The summed E-state index contributed by atoms with van der Waals surface area (Å²) in [6, 6.07) is 7.20. The first-order chi connectivity index (χ1) is 12.5. The van der Waals surface area contributed by atoms with Gasteiger partial charge < -0.3 is 15.2 Å². The topological polar surface area (TPSA) is 58.6 Å². The number of rotatable bonds is 8. The summed E-state index contributed by atoms with van der Waals surface area (Å²) in [7, 11) is 0. The predicted octanol–water partition coefficient (Wildman–Crippen LogP) is 3.58. The summed E-state index contributed by atoms with van der Waals surface area (Å²) in [5, 5.41) is 14.1. The molecular weight excluding hydrogens is 326 g/mol. The normalized spacial score (nSPS) is 33.2. The van der Waals surface area contributed by atoms with Crippen molar-refractivity contribution in [3.05, 3.63) is 29.8 Å². The monoisotopic (exact) mass is 357 g/mol. The number of Topliss-reactive ketones (excluding diaryl/α,β-unsaturated/α-hetero) is 1. The molecule has 0 saturated heterocycles. The first-order valence-electron chi connectivity index (χ1n) is 10.2. The van der Waals surface area contributed by atoms with E-state index in [9.17, 15) is 9.90 Å². The van der Waals surface area contributed by atoms with Crippen molar-refractivity contribution in [1.82, 2.24) is 5.32 Å². The molecule has 4 aliphatic carbocycles. The van der Waals surface area contributed by atoms with Gasteiger partial charge in [-0.2, -0.15) is 0 Å². The van der Waals surface area contributed by atoms with Crippen molar-refractivity contribution >= 4 is 5.78 Å². The van der Waals surface area contributed by atoms with E-state index < -0.39 is 6.10 Å². The highest BCUT2D eigenvalue weighted by Crippen LogP contribution is 2.55. The number of aliphatic hydroxyl groups is 1. The van der Waals surface area contributed by atoms with Gasteiger partial charge in [0.15, 0.2) is 5.78 Å². The molecule has 1 aromatic carbocycles. The van der Waals surface area contributed by atoms with E-state index in [0.29, 0.717) is 24.3 Å². The third-order valence-electron chi connectivity index (χ3n) is 6.69. The van der Waals surface area contributed by atoms with Crippen molar-refractivity contribution in [1.29, 1.82) is 0 Å². The lowest BCUT2D eigenvalue weighted by Crippen LogP contribution is -2.59. The van der Waals surface area contributed by atoms with Gasteiger partial charge in [0.25, 0.3) is 0 Å². The lowest BCUT2D eigenvalue weighted by Gasteiger charge is -2.57. The van der Waals surface area contributed by atoms with Crippen molar-refractivity contribution in [2.45, 2.75) is 63.5 Å². The number of hydrogen-bond acceptors (Lipinski definition) is 4. The van der Waals surface area contributed by atoms with E-state index in [-0.39, 0.29) is 17.9 Å². The summed E-state index contributed by atoms with van der Waals surface area (Å²) in [6.07, 6.45) is 8.17. The van der Waals surface area contributed by atoms with E-state index in [4.69, 9.17) is 4.74 Å². The Morgan fingerprint density at radius 2 is 1.73 bits per heavy atom. The maximum absolute atomic E-state index is 11.6. The minimum Gasteiger partial charge on any atom is -0.491 e. The van der Waals surface area contributed by atoms with Gasteiger partial charge in [0.2, 0.25) is 0 Å². The quantitative estimate of drug-likeness (QED) is 0.698. The Morgan fingerprint density at radius 3 is 2.27 bits per heavy atom. The molecule has 0 amide bonds. The molecule has 0 spiro atoms. The minimum absolute atomic E-state index is 0.136. The van der Waals surface area contributed by atoms with Crippen LogP contribution in [0.15, 0.2) is 24.3 Å². The van der Waals surface area contributed by atoms with Crippen LogP contribution in [-0.2, 0) is 0 Å². The molecule has 4 bridgehead atoms. The molecule has 0 radical (unpaired) electrons. The Labute approximate surface area is 156 Å². The van der Waals surface area contributed by atoms with Gasteiger partial charge >= 0.3 is 0 Å². The second-order valence-electron chi connectivity index (χ2n) is 8.84. The molecule has 2 N–H and O–H groups in total. The van der Waals surface area contributed by atoms with Gasteiger partial charge in [0.05, 0.1) is 0 Å². The van der Waals surface area contributed by atoms with Gasteiger partial charge in [-0.25, -0.2) is 0 Å². The third kappa shape index (κ3) is 3.81. The molecule has 0 aromatic heterocycles. The van der Waals surface area contributed by atoms with Gasteiger partial charge in [-0.15, -0.1) is 0 Å². The molecule has 142 valence electrons. The zero-order chi connectivity index (χ0) is 18.1. The Bertz CT molecular complexity index is 604. The summed E-state index contributed by atoms with van der Waals surface area (Å²) in [5.41, 5.74) is 0.988. The molecule has 4 nitrogen and oxygen atoms in total. The number of aliphatic hydroxyl groups excluding tert-OH is 1. The molecule has 0 heterocycles. The molecular formula is C22H31NO3. The van der Waals surface area contributed by atoms with Crippen LogP contribution >= 0.6 is 0 Å². The van der Waals surface area contributed by atoms with Crippen LogP contribution < -0.4 is 10.1 Å². The Kier molecular flexibility index (Phi) is 5.07. The molecule has 1 atom stereocenters. The van der Waals surface area contributed by atoms with E-state index in [1.54, 1.807) is 12.1 Å². The Hall–Kier alpha value is -1.39. The number of ether oxygens (including phenoxy) is 1. The Balaban J connectivity index is 1.24. The summed E-state index contributed by atoms with van der Waals surface area (Å²) in [6.45, 7) is 2.74. The van der Waals surface area contributed by atoms with E-state index in [1.807, 2.05) is 19.1 Å². The fourth-order valence-corrected chi connectivity index (χ4v) is 5.85.